The topological polar surface area (TPSA) is 58.9 Å². The summed E-state index contributed by atoms with van der Waals surface area (Å²) in [7, 11) is 1.54. The Morgan fingerprint density at radius 1 is 1.29 bits per heavy atom. The van der Waals surface area contributed by atoms with Gasteiger partial charge in [0.05, 0.1) is 18.8 Å². The van der Waals surface area contributed by atoms with Crippen molar-refractivity contribution in [2.45, 2.75) is 32.5 Å². The fourth-order valence-corrected chi connectivity index (χ4v) is 1.32. The first-order valence-corrected chi connectivity index (χ1v) is 5.54. The van der Waals surface area contributed by atoms with E-state index in [2.05, 4.69) is 0 Å². The van der Waals surface area contributed by atoms with Gasteiger partial charge in [-0.15, -0.1) is 0 Å². The van der Waals surface area contributed by atoms with Crippen molar-refractivity contribution in [3.63, 3.8) is 0 Å². The number of hydrogen-bond acceptors (Lipinski definition) is 4. The molecule has 1 aromatic rings. The highest BCUT2D eigenvalue weighted by molar-refractivity contribution is 5.43. The number of aliphatic hydroxyl groups excluding tert-OH is 1. The smallest absolute Gasteiger partial charge is 0.161 e. The second-order valence-electron chi connectivity index (χ2n) is 4.69. The SMILES string of the molecule is COc1cc([C@@H](C)O)ccc1OCC(C)(C)O. The number of rotatable bonds is 5. The second-order valence-corrected chi connectivity index (χ2v) is 4.69. The van der Waals surface area contributed by atoms with Crippen LogP contribution in [0.4, 0.5) is 0 Å². The second kappa shape index (κ2) is 5.38. The van der Waals surface area contributed by atoms with Gasteiger partial charge >= 0.3 is 0 Å². The maximum absolute atomic E-state index is 9.58. The van der Waals surface area contributed by atoms with Gasteiger partial charge in [-0.1, -0.05) is 6.07 Å². The van der Waals surface area contributed by atoms with Crippen LogP contribution >= 0.6 is 0 Å². The largest absolute Gasteiger partial charge is 0.493 e. The Hall–Kier alpha value is -1.26. The van der Waals surface area contributed by atoms with Gasteiger partial charge in [-0.3, -0.25) is 0 Å². The van der Waals surface area contributed by atoms with E-state index in [0.717, 1.165) is 5.56 Å². The molecule has 0 heterocycles. The maximum Gasteiger partial charge on any atom is 0.161 e. The van der Waals surface area contributed by atoms with E-state index >= 15 is 0 Å². The predicted octanol–water partition coefficient (Wildman–Crippen LogP) is 1.90. The molecular formula is C13H20O4. The molecular weight excluding hydrogens is 220 g/mol. The maximum atomic E-state index is 9.58. The summed E-state index contributed by atoms with van der Waals surface area (Å²) in [4.78, 5) is 0. The third kappa shape index (κ3) is 4.24. The van der Waals surface area contributed by atoms with Crippen LogP contribution in [0.3, 0.4) is 0 Å². The lowest BCUT2D eigenvalue weighted by atomic mass is 10.1. The Bertz CT molecular complexity index is 366. The van der Waals surface area contributed by atoms with E-state index in [-0.39, 0.29) is 6.61 Å². The summed E-state index contributed by atoms with van der Waals surface area (Å²) < 4.78 is 10.7. The molecule has 4 nitrogen and oxygen atoms in total. The van der Waals surface area contributed by atoms with Crippen LogP contribution in [0, 0.1) is 0 Å². The highest BCUT2D eigenvalue weighted by Crippen LogP contribution is 2.30. The number of benzene rings is 1. The summed E-state index contributed by atoms with van der Waals surface area (Å²) in [6.45, 7) is 5.21. The zero-order chi connectivity index (χ0) is 13.1. The summed E-state index contributed by atoms with van der Waals surface area (Å²) in [5.74, 6) is 1.10. The van der Waals surface area contributed by atoms with Gasteiger partial charge in [0.1, 0.15) is 6.61 Å². The third-order valence-electron chi connectivity index (χ3n) is 2.25. The molecule has 0 spiro atoms. The van der Waals surface area contributed by atoms with Crippen molar-refractivity contribution in [2.75, 3.05) is 13.7 Å². The van der Waals surface area contributed by atoms with Crippen molar-refractivity contribution >= 4 is 0 Å². The molecule has 0 aromatic heterocycles. The highest BCUT2D eigenvalue weighted by Gasteiger charge is 2.15. The molecule has 0 amide bonds. The fraction of sp³-hybridized carbons (Fsp3) is 0.538. The summed E-state index contributed by atoms with van der Waals surface area (Å²) in [6, 6.07) is 5.23. The third-order valence-corrected chi connectivity index (χ3v) is 2.25. The lowest BCUT2D eigenvalue weighted by Gasteiger charge is -2.19. The van der Waals surface area contributed by atoms with Crippen LogP contribution in [0.25, 0.3) is 0 Å². The molecule has 96 valence electrons. The van der Waals surface area contributed by atoms with Crippen LogP contribution in [-0.2, 0) is 0 Å². The van der Waals surface area contributed by atoms with Crippen molar-refractivity contribution < 1.29 is 19.7 Å². The van der Waals surface area contributed by atoms with E-state index in [4.69, 9.17) is 9.47 Å². The first-order chi connectivity index (χ1) is 7.83. The van der Waals surface area contributed by atoms with Gasteiger partial charge in [-0.25, -0.2) is 0 Å². The summed E-state index contributed by atoms with van der Waals surface area (Å²) >= 11 is 0. The monoisotopic (exact) mass is 240 g/mol. The molecule has 1 rings (SSSR count). The Kier molecular flexibility index (Phi) is 4.37. The van der Waals surface area contributed by atoms with Gasteiger partial charge in [0.15, 0.2) is 11.5 Å². The van der Waals surface area contributed by atoms with Crippen LogP contribution in [0.2, 0.25) is 0 Å². The molecule has 1 aromatic carbocycles. The number of hydrogen-bond donors (Lipinski definition) is 2. The Morgan fingerprint density at radius 2 is 1.94 bits per heavy atom. The summed E-state index contributed by atoms with van der Waals surface area (Å²) in [6.07, 6.45) is -0.549. The van der Waals surface area contributed by atoms with Crippen molar-refractivity contribution in [1.29, 1.82) is 0 Å². The summed E-state index contributed by atoms with van der Waals surface area (Å²) in [5.41, 5.74) is -0.133. The van der Waals surface area contributed by atoms with Crippen molar-refractivity contribution in [1.82, 2.24) is 0 Å². The fourth-order valence-electron chi connectivity index (χ4n) is 1.32. The van der Waals surface area contributed by atoms with E-state index in [9.17, 15) is 10.2 Å². The van der Waals surface area contributed by atoms with Crippen LogP contribution in [0.5, 0.6) is 11.5 Å². The number of ether oxygens (including phenoxy) is 2. The molecule has 0 fully saturated rings. The quantitative estimate of drug-likeness (QED) is 0.825. The molecule has 2 N–H and O–H groups in total. The standard InChI is InChI=1S/C13H20O4/c1-9(14)10-5-6-11(12(7-10)16-4)17-8-13(2,3)15/h5-7,9,14-15H,8H2,1-4H3/t9-/m1/s1. The van der Waals surface area contributed by atoms with E-state index in [1.807, 2.05) is 0 Å². The highest BCUT2D eigenvalue weighted by atomic mass is 16.5. The van der Waals surface area contributed by atoms with Crippen molar-refractivity contribution in [2.24, 2.45) is 0 Å². The molecule has 17 heavy (non-hydrogen) atoms. The minimum atomic E-state index is -0.895. The van der Waals surface area contributed by atoms with E-state index in [0.29, 0.717) is 11.5 Å². The molecule has 0 aliphatic heterocycles. The molecule has 0 bridgehead atoms. The van der Waals surface area contributed by atoms with Gasteiger partial charge in [0.2, 0.25) is 0 Å². The van der Waals surface area contributed by atoms with E-state index in [1.54, 1.807) is 39.0 Å². The number of aliphatic hydroxyl groups is 2. The normalized spacial score (nSPS) is 13.3. The van der Waals surface area contributed by atoms with Crippen LogP contribution in [0.15, 0.2) is 18.2 Å². The lowest BCUT2D eigenvalue weighted by molar-refractivity contribution is 0.0276. The molecule has 0 aliphatic rings. The minimum Gasteiger partial charge on any atom is -0.493 e. The van der Waals surface area contributed by atoms with Crippen molar-refractivity contribution in [3.05, 3.63) is 23.8 Å². The zero-order valence-corrected chi connectivity index (χ0v) is 10.7. The van der Waals surface area contributed by atoms with Gasteiger partial charge in [-0.05, 0) is 38.5 Å². The molecule has 0 saturated heterocycles. The van der Waals surface area contributed by atoms with Gasteiger partial charge in [0, 0.05) is 0 Å². The van der Waals surface area contributed by atoms with Crippen LogP contribution in [-0.4, -0.2) is 29.5 Å². The van der Waals surface area contributed by atoms with E-state index < -0.39 is 11.7 Å². The van der Waals surface area contributed by atoms with Gasteiger partial charge < -0.3 is 19.7 Å². The molecule has 4 heteroatoms. The van der Waals surface area contributed by atoms with Crippen LogP contribution < -0.4 is 9.47 Å². The molecule has 0 saturated carbocycles. The summed E-state index contributed by atoms with van der Waals surface area (Å²) in [5, 5.41) is 19.0. The Labute approximate surface area is 102 Å². The Balaban J connectivity index is 2.86. The van der Waals surface area contributed by atoms with Crippen LogP contribution in [0.1, 0.15) is 32.4 Å². The van der Waals surface area contributed by atoms with Gasteiger partial charge in [-0.2, -0.15) is 0 Å². The Morgan fingerprint density at radius 3 is 2.41 bits per heavy atom. The first-order valence-electron chi connectivity index (χ1n) is 5.54. The van der Waals surface area contributed by atoms with Gasteiger partial charge in [0.25, 0.3) is 0 Å². The molecule has 0 aliphatic carbocycles. The molecule has 0 radical (unpaired) electrons. The number of methoxy groups -OCH3 is 1. The first kappa shape index (κ1) is 13.8. The van der Waals surface area contributed by atoms with Crippen molar-refractivity contribution in [3.8, 4) is 11.5 Å². The predicted molar refractivity (Wildman–Crippen MR) is 65.4 cm³/mol. The molecule has 0 unspecified atom stereocenters. The minimum absolute atomic E-state index is 0.178. The average molecular weight is 240 g/mol. The van der Waals surface area contributed by atoms with E-state index in [1.165, 1.54) is 7.11 Å². The lowest BCUT2D eigenvalue weighted by Crippen LogP contribution is -2.28. The zero-order valence-electron chi connectivity index (χ0n) is 10.7. The molecule has 1 atom stereocenters. The average Bonchev–Trinajstić information content (AvgIpc) is 2.24.